The molecule has 2 heterocycles. The number of non-ortho nitro benzene ring substituents is 1. The number of nitrogens with zero attached hydrogens (tertiary/aromatic N) is 4. The highest BCUT2D eigenvalue weighted by Gasteiger charge is 2.11. The first-order valence-corrected chi connectivity index (χ1v) is 6.87. The van der Waals surface area contributed by atoms with Crippen LogP contribution in [0.3, 0.4) is 0 Å². The van der Waals surface area contributed by atoms with Gasteiger partial charge < -0.3 is 9.88 Å². The summed E-state index contributed by atoms with van der Waals surface area (Å²) >= 11 is 6.08. The predicted octanol–water partition coefficient (Wildman–Crippen LogP) is 3.14. The van der Waals surface area contributed by atoms with Gasteiger partial charge in [0.2, 0.25) is 0 Å². The second-order valence-corrected chi connectivity index (χ2v) is 5.18. The van der Waals surface area contributed by atoms with Gasteiger partial charge in [0, 0.05) is 31.9 Å². The molecule has 1 aromatic carbocycles. The molecule has 2 aromatic heterocycles. The summed E-state index contributed by atoms with van der Waals surface area (Å²) in [5.41, 5.74) is 2.45. The van der Waals surface area contributed by atoms with Crippen LogP contribution in [-0.4, -0.2) is 19.5 Å². The van der Waals surface area contributed by atoms with Crippen molar-refractivity contribution in [1.29, 1.82) is 0 Å². The lowest BCUT2D eigenvalue weighted by Crippen LogP contribution is -2.03. The van der Waals surface area contributed by atoms with Crippen LogP contribution in [0, 0.1) is 10.1 Å². The minimum absolute atomic E-state index is 0.0290. The fourth-order valence-corrected chi connectivity index (χ4v) is 2.41. The van der Waals surface area contributed by atoms with Gasteiger partial charge >= 0.3 is 0 Å². The number of aryl methyl sites for hydroxylation is 1. The van der Waals surface area contributed by atoms with E-state index in [4.69, 9.17) is 11.6 Å². The van der Waals surface area contributed by atoms with Crippen LogP contribution in [0.25, 0.3) is 11.0 Å². The number of imidazole rings is 1. The Morgan fingerprint density at radius 3 is 2.91 bits per heavy atom. The van der Waals surface area contributed by atoms with Crippen molar-refractivity contribution in [1.82, 2.24) is 14.5 Å². The number of halogens is 1. The molecule has 0 radical (unpaired) electrons. The van der Waals surface area contributed by atoms with Crippen molar-refractivity contribution < 1.29 is 4.92 Å². The second-order valence-electron chi connectivity index (χ2n) is 4.77. The molecule has 3 rings (SSSR count). The summed E-state index contributed by atoms with van der Waals surface area (Å²) in [4.78, 5) is 18.8. The molecule has 7 nitrogen and oxygen atoms in total. The molecular formula is C14H12ClN5O2. The molecule has 0 atom stereocenters. The third kappa shape index (κ3) is 2.58. The largest absolute Gasteiger partial charge is 0.364 e. The van der Waals surface area contributed by atoms with E-state index in [1.165, 1.54) is 12.1 Å². The Bertz CT molecular complexity index is 862. The van der Waals surface area contributed by atoms with E-state index in [0.717, 1.165) is 16.6 Å². The quantitative estimate of drug-likeness (QED) is 0.590. The molecule has 3 aromatic rings. The minimum Gasteiger partial charge on any atom is -0.364 e. The highest BCUT2D eigenvalue weighted by Crippen LogP contribution is 2.24. The lowest BCUT2D eigenvalue weighted by atomic mass is 10.2. The normalized spacial score (nSPS) is 10.8. The third-order valence-corrected chi connectivity index (χ3v) is 3.69. The van der Waals surface area contributed by atoms with Gasteiger partial charge in [0.05, 0.1) is 21.8 Å². The van der Waals surface area contributed by atoms with Gasteiger partial charge in [-0.25, -0.2) is 9.97 Å². The molecule has 0 amide bonds. The van der Waals surface area contributed by atoms with Crippen molar-refractivity contribution in [3.63, 3.8) is 0 Å². The maximum absolute atomic E-state index is 10.7. The van der Waals surface area contributed by atoms with Crippen molar-refractivity contribution in [3.05, 3.63) is 57.5 Å². The Morgan fingerprint density at radius 1 is 1.36 bits per heavy atom. The maximum atomic E-state index is 10.7. The van der Waals surface area contributed by atoms with E-state index in [9.17, 15) is 10.1 Å². The smallest absolute Gasteiger partial charge is 0.270 e. The summed E-state index contributed by atoms with van der Waals surface area (Å²) in [5.74, 6) is 0.646. The Labute approximate surface area is 130 Å². The van der Waals surface area contributed by atoms with Gasteiger partial charge in [0.15, 0.2) is 5.82 Å². The molecule has 0 aliphatic rings. The summed E-state index contributed by atoms with van der Waals surface area (Å²) in [6.45, 7) is 0.402. The zero-order valence-corrected chi connectivity index (χ0v) is 12.4. The number of hydrogen-bond donors (Lipinski definition) is 1. The van der Waals surface area contributed by atoms with Crippen molar-refractivity contribution in [2.24, 2.45) is 7.05 Å². The number of nitro groups is 1. The van der Waals surface area contributed by atoms with Crippen LogP contribution in [0.4, 0.5) is 11.5 Å². The molecule has 0 aliphatic heterocycles. The molecule has 0 saturated heterocycles. The van der Waals surface area contributed by atoms with Gasteiger partial charge in [-0.05, 0) is 17.7 Å². The van der Waals surface area contributed by atoms with Crippen LogP contribution in [0.15, 0.2) is 36.8 Å². The molecular weight excluding hydrogens is 306 g/mol. The van der Waals surface area contributed by atoms with Gasteiger partial charge in [-0.15, -0.1) is 0 Å². The van der Waals surface area contributed by atoms with Gasteiger partial charge in [-0.2, -0.15) is 0 Å². The number of aromatic nitrogens is 3. The zero-order chi connectivity index (χ0) is 15.7. The monoisotopic (exact) mass is 317 g/mol. The van der Waals surface area contributed by atoms with Crippen LogP contribution >= 0.6 is 11.6 Å². The molecule has 0 spiro atoms. The lowest BCUT2D eigenvalue weighted by Gasteiger charge is -2.08. The highest BCUT2D eigenvalue weighted by atomic mass is 35.5. The van der Waals surface area contributed by atoms with Crippen LogP contribution in [-0.2, 0) is 13.6 Å². The molecule has 0 saturated carbocycles. The van der Waals surface area contributed by atoms with Crippen LogP contribution in [0.1, 0.15) is 5.56 Å². The number of hydrogen-bond acceptors (Lipinski definition) is 5. The Hall–Kier alpha value is -2.67. The van der Waals surface area contributed by atoms with Crippen molar-refractivity contribution >= 4 is 34.1 Å². The van der Waals surface area contributed by atoms with Gasteiger partial charge in [0.1, 0.15) is 5.52 Å². The molecule has 8 heteroatoms. The minimum atomic E-state index is -0.473. The van der Waals surface area contributed by atoms with E-state index < -0.39 is 4.92 Å². The van der Waals surface area contributed by atoms with E-state index >= 15 is 0 Å². The van der Waals surface area contributed by atoms with Gasteiger partial charge in [-0.3, -0.25) is 10.1 Å². The summed E-state index contributed by atoms with van der Waals surface area (Å²) in [6.07, 6.45) is 3.42. The van der Waals surface area contributed by atoms with Crippen LogP contribution in [0.5, 0.6) is 0 Å². The molecule has 0 aliphatic carbocycles. The van der Waals surface area contributed by atoms with Crippen molar-refractivity contribution in [2.45, 2.75) is 6.54 Å². The number of nitrogens with one attached hydrogen (secondary N) is 1. The number of nitro benzene ring substituents is 1. The SMILES string of the molecule is Cn1cnc2c(NCc3ccc([N+](=O)[O-])cc3Cl)nccc21. The molecule has 0 unspecified atom stereocenters. The standard InChI is InChI=1S/C14H12ClN5O2/c1-19-8-18-13-12(19)4-5-16-14(13)17-7-9-2-3-10(20(21)22)6-11(9)15/h2-6,8H,7H2,1H3,(H,16,17). The molecule has 1 N–H and O–H groups in total. The fraction of sp³-hybridized carbons (Fsp3) is 0.143. The molecule has 0 bridgehead atoms. The molecule has 22 heavy (non-hydrogen) atoms. The number of benzene rings is 1. The Balaban J connectivity index is 1.84. The van der Waals surface area contributed by atoms with Crippen molar-refractivity contribution in [3.8, 4) is 0 Å². The topological polar surface area (TPSA) is 85.9 Å². The fourth-order valence-electron chi connectivity index (χ4n) is 2.16. The number of rotatable bonds is 4. The second kappa shape index (κ2) is 5.61. The number of anilines is 1. The first-order valence-electron chi connectivity index (χ1n) is 6.49. The van der Waals surface area contributed by atoms with E-state index in [1.54, 1.807) is 18.6 Å². The van der Waals surface area contributed by atoms with Gasteiger partial charge in [0.25, 0.3) is 5.69 Å². The van der Waals surface area contributed by atoms with E-state index in [2.05, 4.69) is 15.3 Å². The number of fused-ring (bicyclic) bond motifs is 1. The van der Waals surface area contributed by atoms with E-state index in [0.29, 0.717) is 17.4 Å². The molecule has 112 valence electrons. The highest BCUT2D eigenvalue weighted by molar-refractivity contribution is 6.31. The first kappa shape index (κ1) is 14.3. The van der Waals surface area contributed by atoms with E-state index in [-0.39, 0.29) is 5.69 Å². The average molecular weight is 318 g/mol. The lowest BCUT2D eigenvalue weighted by molar-refractivity contribution is -0.384. The number of pyridine rings is 1. The summed E-state index contributed by atoms with van der Waals surface area (Å²) in [5, 5.41) is 14.2. The van der Waals surface area contributed by atoms with E-state index in [1.807, 2.05) is 17.7 Å². The third-order valence-electron chi connectivity index (χ3n) is 3.34. The van der Waals surface area contributed by atoms with Crippen molar-refractivity contribution in [2.75, 3.05) is 5.32 Å². The summed E-state index contributed by atoms with van der Waals surface area (Å²) < 4.78 is 1.90. The molecule has 0 fully saturated rings. The average Bonchev–Trinajstić information content (AvgIpc) is 2.88. The predicted molar refractivity (Wildman–Crippen MR) is 83.9 cm³/mol. The zero-order valence-electron chi connectivity index (χ0n) is 11.7. The first-order chi connectivity index (χ1) is 10.6. The van der Waals surface area contributed by atoms with Crippen LogP contribution in [0.2, 0.25) is 5.02 Å². The van der Waals surface area contributed by atoms with Gasteiger partial charge in [-0.1, -0.05) is 11.6 Å². The van der Waals surface area contributed by atoms with Crippen LogP contribution < -0.4 is 5.32 Å². The summed E-state index contributed by atoms with van der Waals surface area (Å²) in [7, 11) is 1.91. The maximum Gasteiger partial charge on any atom is 0.270 e. The Morgan fingerprint density at radius 2 is 2.18 bits per heavy atom. The Kier molecular flexibility index (Phi) is 3.64. The summed E-state index contributed by atoms with van der Waals surface area (Å²) in [6, 6.07) is 6.28.